The second-order valence-electron chi connectivity index (χ2n) is 4.18. The van der Waals surface area contributed by atoms with E-state index in [1.54, 1.807) is 16.0 Å². The molecule has 0 aliphatic rings. The van der Waals surface area contributed by atoms with Crippen LogP contribution < -0.4 is 0 Å². The van der Waals surface area contributed by atoms with E-state index < -0.39 is 0 Å². The molecule has 0 aliphatic heterocycles. The monoisotopic (exact) mass is 309 g/mol. The van der Waals surface area contributed by atoms with Gasteiger partial charge in [0, 0.05) is 12.1 Å². The van der Waals surface area contributed by atoms with Crippen molar-refractivity contribution in [2.24, 2.45) is 0 Å². The van der Waals surface area contributed by atoms with Gasteiger partial charge >= 0.3 is 0 Å². The lowest BCUT2D eigenvalue weighted by molar-refractivity contribution is 0.470. The van der Waals surface area contributed by atoms with Crippen LogP contribution in [0.5, 0.6) is 0 Å². The van der Waals surface area contributed by atoms with Gasteiger partial charge < -0.3 is 4.42 Å². The lowest BCUT2D eigenvalue weighted by Crippen LogP contribution is -2.00. The molecule has 3 aromatic rings. The number of aromatic nitrogens is 5. The molecule has 104 valence electrons. The summed E-state index contributed by atoms with van der Waals surface area (Å²) in [5, 5.41) is 18.1. The van der Waals surface area contributed by atoms with Gasteiger partial charge in [-0.3, -0.25) is 0 Å². The first-order valence-corrected chi connectivity index (χ1v) is 7.58. The molecule has 3 aromatic heterocycles. The Kier molecular flexibility index (Phi) is 4.08. The molecule has 0 amide bonds. The molecule has 0 N–H and O–H groups in total. The Labute approximate surface area is 124 Å². The summed E-state index contributed by atoms with van der Waals surface area (Å²) in [6.07, 6.45) is 3.60. The van der Waals surface area contributed by atoms with Crippen molar-refractivity contribution >= 4 is 22.9 Å². The summed E-state index contributed by atoms with van der Waals surface area (Å²) in [5.74, 6) is 1.68. The van der Waals surface area contributed by atoms with E-state index in [0.29, 0.717) is 24.2 Å². The Morgan fingerprint density at radius 2 is 2.25 bits per heavy atom. The molecule has 0 aromatic carbocycles. The Morgan fingerprint density at radius 1 is 1.30 bits per heavy atom. The summed E-state index contributed by atoms with van der Waals surface area (Å²) < 4.78 is 7.29. The maximum absolute atomic E-state index is 5.65. The van der Waals surface area contributed by atoms with Crippen LogP contribution in [0.15, 0.2) is 28.1 Å². The van der Waals surface area contributed by atoms with Gasteiger partial charge in [0.1, 0.15) is 6.54 Å². The molecular formula is C12H12ClN5OS. The highest BCUT2D eigenvalue weighted by Crippen LogP contribution is 2.23. The zero-order chi connectivity index (χ0) is 13.8. The maximum Gasteiger partial charge on any atom is 0.257 e. The van der Waals surface area contributed by atoms with Crippen LogP contribution >= 0.6 is 22.9 Å². The molecule has 0 saturated carbocycles. The third-order valence-corrected chi connectivity index (χ3v) is 3.77. The first-order valence-electron chi connectivity index (χ1n) is 6.16. The van der Waals surface area contributed by atoms with Crippen molar-refractivity contribution in [2.45, 2.75) is 19.4 Å². The standard InChI is InChI=1S/C12H12ClN5OS/c13-5-1-3-9-7-18(17-14-9)8-11-15-16-12(19-11)10-4-2-6-20-10/h2,4,6-7H,1,3,5,8H2. The largest absolute Gasteiger partial charge is 0.418 e. The van der Waals surface area contributed by atoms with Crippen LogP contribution in [0, 0.1) is 0 Å². The van der Waals surface area contributed by atoms with Gasteiger partial charge in [0.2, 0.25) is 5.89 Å². The zero-order valence-electron chi connectivity index (χ0n) is 10.6. The van der Waals surface area contributed by atoms with Gasteiger partial charge in [0.25, 0.3) is 5.89 Å². The Hall–Kier alpha value is -1.73. The minimum absolute atomic E-state index is 0.423. The second kappa shape index (κ2) is 6.15. The van der Waals surface area contributed by atoms with Gasteiger partial charge in [0.15, 0.2) is 0 Å². The second-order valence-corrected chi connectivity index (χ2v) is 5.50. The average molecular weight is 310 g/mol. The summed E-state index contributed by atoms with van der Waals surface area (Å²) in [6, 6.07) is 3.89. The Bertz CT molecular complexity index is 663. The van der Waals surface area contributed by atoms with Crippen LogP contribution in [0.3, 0.4) is 0 Å². The zero-order valence-corrected chi connectivity index (χ0v) is 12.1. The molecule has 6 nitrogen and oxygen atoms in total. The number of halogens is 1. The quantitative estimate of drug-likeness (QED) is 0.655. The van der Waals surface area contributed by atoms with E-state index in [4.69, 9.17) is 16.0 Å². The van der Waals surface area contributed by atoms with Gasteiger partial charge in [-0.25, -0.2) is 4.68 Å². The van der Waals surface area contributed by atoms with E-state index in [1.807, 2.05) is 23.7 Å². The van der Waals surface area contributed by atoms with Crippen LogP contribution in [0.2, 0.25) is 0 Å². The predicted molar refractivity (Wildman–Crippen MR) is 75.8 cm³/mol. The number of hydrogen-bond acceptors (Lipinski definition) is 6. The highest BCUT2D eigenvalue weighted by molar-refractivity contribution is 7.13. The highest BCUT2D eigenvalue weighted by Gasteiger charge is 2.10. The average Bonchev–Trinajstić information content (AvgIpc) is 3.18. The van der Waals surface area contributed by atoms with Gasteiger partial charge in [0.05, 0.1) is 10.6 Å². The number of aryl methyl sites for hydroxylation is 1. The van der Waals surface area contributed by atoms with E-state index in [0.717, 1.165) is 23.4 Å². The van der Waals surface area contributed by atoms with Crippen LogP contribution in [0.1, 0.15) is 18.0 Å². The number of hydrogen-bond donors (Lipinski definition) is 0. The van der Waals surface area contributed by atoms with Crippen molar-refractivity contribution in [1.29, 1.82) is 0 Å². The number of thiophene rings is 1. The third kappa shape index (κ3) is 3.05. The van der Waals surface area contributed by atoms with Crippen molar-refractivity contribution in [3.8, 4) is 10.8 Å². The number of alkyl halides is 1. The van der Waals surface area contributed by atoms with Gasteiger partial charge in [-0.2, -0.15) is 0 Å². The summed E-state index contributed by atoms with van der Waals surface area (Å²) in [6.45, 7) is 0.423. The van der Waals surface area contributed by atoms with Crippen molar-refractivity contribution in [2.75, 3.05) is 5.88 Å². The van der Waals surface area contributed by atoms with Crippen LogP contribution in [0.4, 0.5) is 0 Å². The molecule has 0 aliphatic carbocycles. The van der Waals surface area contributed by atoms with Crippen LogP contribution in [-0.4, -0.2) is 31.1 Å². The van der Waals surface area contributed by atoms with Crippen LogP contribution in [-0.2, 0) is 13.0 Å². The minimum atomic E-state index is 0.423. The van der Waals surface area contributed by atoms with Gasteiger partial charge in [-0.05, 0) is 24.3 Å². The smallest absolute Gasteiger partial charge is 0.257 e. The molecule has 0 radical (unpaired) electrons. The lowest BCUT2D eigenvalue weighted by atomic mass is 10.3. The van der Waals surface area contributed by atoms with Gasteiger partial charge in [-0.1, -0.05) is 11.3 Å². The first kappa shape index (κ1) is 13.3. The van der Waals surface area contributed by atoms with Gasteiger partial charge in [-0.15, -0.1) is 38.2 Å². The Balaban J connectivity index is 1.67. The predicted octanol–water partition coefficient (Wildman–Crippen LogP) is 2.61. The molecule has 0 spiro atoms. The molecule has 0 bridgehead atoms. The van der Waals surface area contributed by atoms with E-state index in [-0.39, 0.29) is 0 Å². The van der Waals surface area contributed by atoms with Crippen LogP contribution in [0.25, 0.3) is 10.8 Å². The van der Waals surface area contributed by atoms with Crippen molar-refractivity contribution in [3.63, 3.8) is 0 Å². The topological polar surface area (TPSA) is 69.6 Å². The molecule has 0 atom stereocenters. The molecular weight excluding hydrogens is 298 g/mol. The maximum atomic E-state index is 5.65. The fourth-order valence-corrected chi connectivity index (χ4v) is 2.51. The first-order chi connectivity index (χ1) is 9.85. The molecule has 0 saturated heterocycles. The van der Waals surface area contributed by atoms with Crippen molar-refractivity contribution in [3.05, 3.63) is 35.3 Å². The van der Waals surface area contributed by atoms with E-state index in [2.05, 4.69) is 20.5 Å². The summed E-state index contributed by atoms with van der Waals surface area (Å²) in [5.41, 5.74) is 0.920. The minimum Gasteiger partial charge on any atom is -0.418 e. The van der Waals surface area contributed by atoms with E-state index in [1.165, 1.54) is 0 Å². The summed E-state index contributed by atoms with van der Waals surface area (Å²) in [7, 11) is 0. The van der Waals surface area contributed by atoms with Crippen molar-refractivity contribution in [1.82, 2.24) is 25.2 Å². The molecule has 8 heteroatoms. The molecule has 0 fully saturated rings. The molecule has 3 rings (SSSR count). The summed E-state index contributed by atoms with van der Waals surface area (Å²) >= 11 is 7.22. The Morgan fingerprint density at radius 3 is 3.05 bits per heavy atom. The molecule has 0 unspecified atom stereocenters. The highest BCUT2D eigenvalue weighted by atomic mass is 35.5. The molecule has 3 heterocycles. The fraction of sp³-hybridized carbons (Fsp3) is 0.333. The molecule has 20 heavy (non-hydrogen) atoms. The third-order valence-electron chi connectivity index (χ3n) is 2.65. The van der Waals surface area contributed by atoms with E-state index in [9.17, 15) is 0 Å². The fourth-order valence-electron chi connectivity index (χ4n) is 1.73. The number of rotatable bonds is 6. The summed E-state index contributed by atoms with van der Waals surface area (Å²) in [4.78, 5) is 0.963. The van der Waals surface area contributed by atoms with E-state index >= 15 is 0 Å². The SMILES string of the molecule is ClCCCc1cn(Cc2nnc(-c3cccs3)o2)nn1. The number of nitrogens with zero attached hydrogens (tertiary/aromatic N) is 5. The lowest BCUT2D eigenvalue weighted by Gasteiger charge is -1.93. The van der Waals surface area contributed by atoms with Crippen molar-refractivity contribution < 1.29 is 4.42 Å². The normalized spacial score (nSPS) is 11.1.